The quantitative estimate of drug-likeness (QED) is 0.527. The van der Waals surface area contributed by atoms with Gasteiger partial charge in [-0.2, -0.15) is 13.2 Å². The average molecular weight is 412 g/mol. The van der Waals surface area contributed by atoms with E-state index in [0.29, 0.717) is 48.9 Å². The Morgan fingerprint density at radius 2 is 1.71 bits per heavy atom. The van der Waals surface area contributed by atoms with Crippen molar-refractivity contribution in [1.29, 1.82) is 0 Å². The molecule has 28 heavy (non-hydrogen) atoms. The first kappa shape index (κ1) is 20.5. The lowest BCUT2D eigenvalue weighted by atomic mass is 10.1. The van der Waals surface area contributed by atoms with E-state index >= 15 is 0 Å². The van der Waals surface area contributed by atoms with Gasteiger partial charge in [0.1, 0.15) is 5.82 Å². The molecule has 3 nitrogen and oxygen atoms in total. The van der Waals surface area contributed by atoms with Gasteiger partial charge in [0, 0.05) is 48.9 Å². The lowest BCUT2D eigenvalue weighted by Gasteiger charge is -2.36. The minimum absolute atomic E-state index is 0.0208. The van der Waals surface area contributed by atoms with Crippen LogP contribution >= 0.6 is 11.8 Å². The molecule has 0 atom stereocenters. The van der Waals surface area contributed by atoms with Crippen LogP contribution in [0.15, 0.2) is 53.4 Å². The fourth-order valence-electron chi connectivity index (χ4n) is 3.06. The molecule has 1 heterocycles. The van der Waals surface area contributed by atoms with Gasteiger partial charge < -0.3 is 9.80 Å². The number of thioether (sulfide) groups is 1. The summed E-state index contributed by atoms with van der Waals surface area (Å²) in [5.74, 6) is 0.162. The predicted octanol–water partition coefficient (Wildman–Crippen LogP) is 4.68. The van der Waals surface area contributed by atoms with Crippen molar-refractivity contribution in [3.05, 3.63) is 59.9 Å². The summed E-state index contributed by atoms with van der Waals surface area (Å²) in [7, 11) is 0. The van der Waals surface area contributed by atoms with Crippen molar-refractivity contribution in [2.24, 2.45) is 0 Å². The molecule has 1 amide bonds. The molecule has 1 aliphatic rings. The molecule has 150 valence electrons. The first-order chi connectivity index (χ1) is 13.3. The fourth-order valence-corrected chi connectivity index (χ4v) is 3.94. The highest BCUT2D eigenvalue weighted by molar-refractivity contribution is 7.99. The van der Waals surface area contributed by atoms with Crippen LogP contribution in [-0.4, -0.2) is 42.7 Å². The molecule has 0 spiro atoms. The van der Waals surface area contributed by atoms with E-state index in [1.54, 1.807) is 29.2 Å². The molecule has 0 aromatic heterocycles. The van der Waals surface area contributed by atoms with Crippen LogP contribution in [0.2, 0.25) is 0 Å². The molecular formula is C20H20F4N2OS. The van der Waals surface area contributed by atoms with Crippen LogP contribution in [0.1, 0.15) is 12.0 Å². The van der Waals surface area contributed by atoms with E-state index in [9.17, 15) is 22.4 Å². The van der Waals surface area contributed by atoms with Crippen molar-refractivity contribution in [3.8, 4) is 0 Å². The molecule has 3 rings (SSSR count). The zero-order chi connectivity index (χ0) is 20.1. The smallest absolute Gasteiger partial charge is 0.368 e. The normalized spacial score (nSPS) is 15.0. The van der Waals surface area contributed by atoms with Crippen molar-refractivity contribution in [3.63, 3.8) is 0 Å². The molecular weight excluding hydrogens is 392 g/mol. The second-order valence-electron chi connectivity index (χ2n) is 6.44. The van der Waals surface area contributed by atoms with Crippen LogP contribution in [0.3, 0.4) is 0 Å². The van der Waals surface area contributed by atoms with Gasteiger partial charge in [-0.1, -0.05) is 18.2 Å². The molecule has 0 bridgehead atoms. The number of carbonyl (C=O) groups is 1. The highest BCUT2D eigenvalue weighted by Gasteiger charge is 2.31. The van der Waals surface area contributed by atoms with Crippen molar-refractivity contribution >= 4 is 23.4 Å². The minimum Gasteiger partial charge on any atom is -0.368 e. The summed E-state index contributed by atoms with van der Waals surface area (Å²) in [5, 5.41) is 0. The molecule has 1 aliphatic heterocycles. The molecule has 2 aromatic carbocycles. The van der Waals surface area contributed by atoms with Gasteiger partial charge in [0.2, 0.25) is 5.91 Å². The van der Waals surface area contributed by atoms with E-state index < -0.39 is 11.7 Å². The average Bonchev–Trinajstić information content (AvgIpc) is 2.69. The Bertz CT molecular complexity index is 820. The van der Waals surface area contributed by atoms with Crippen LogP contribution < -0.4 is 4.90 Å². The Kier molecular flexibility index (Phi) is 6.49. The van der Waals surface area contributed by atoms with Crippen molar-refractivity contribution in [1.82, 2.24) is 4.90 Å². The van der Waals surface area contributed by atoms with Gasteiger partial charge in [-0.05, 0) is 30.3 Å². The number of benzene rings is 2. The lowest BCUT2D eigenvalue weighted by Crippen LogP contribution is -2.48. The Balaban J connectivity index is 1.48. The molecule has 0 unspecified atom stereocenters. The first-order valence-corrected chi connectivity index (χ1v) is 9.90. The number of alkyl halides is 3. The molecule has 0 saturated carbocycles. The summed E-state index contributed by atoms with van der Waals surface area (Å²) >= 11 is 1.30. The van der Waals surface area contributed by atoms with E-state index in [0.717, 1.165) is 12.1 Å². The molecule has 1 fully saturated rings. The third-order valence-corrected chi connectivity index (χ3v) is 5.63. The van der Waals surface area contributed by atoms with E-state index in [1.807, 2.05) is 4.90 Å². The number of halogens is 4. The number of rotatable bonds is 5. The van der Waals surface area contributed by atoms with Crippen LogP contribution in [0, 0.1) is 5.82 Å². The summed E-state index contributed by atoms with van der Waals surface area (Å²) in [6.07, 6.45) is -4.08. The number of nitrogens with zero attached hydrogens (tertiary/aromatic N) is 2. The second kappa shape index (κ2) is 8.86. The zero-order valence-electron chi connectivity index (χ0n) is 15.1. The van der Waals surface area contributed by atoms with Gasteiger partial charge in [-0.15, -0.1) is 11.8 Å². The lowest BCUT2D eigenvalue weighted by molar-refractivity contribution is -0.137. The van der Waals surface area contributed by atoms with Gasteiger partial charge in [0.25, 0.3) is 0 Å². The van der Waals surface area contributed by atoms with Gasteiger partial charge in [0.05, 0.1) is 5.56 Å². The summed E-state index contributed by atoms with van der Waals surface area (Å²) < 4.78 is 52.2. The molecule has 2 aromatic rings. The van der Waals surface area contributed by atoms with E-state index in [4.69, 9.17) is 0 Å². The number of hydrogen-bond acceptors (Lipinski definition) is 3. The SMILES string of the molecule is O=C(CCSc1ccccc1F)N1CCN(c2cccc(C(F)(F)F)c2)CC1. The highest BCUT2D eigenvalue weighted by atomic mass is 32.2. The Morgan fingerprint density at radius 3 is 2.39 bits per heavy atom. The van der Waals surface area contributed by atoms with Crippen LogP contribution in [0.5, 0.6) is 0 Å². The monoisotopic (exact) mass is 412 g/mol. The number of carbonyl (C=O) groups excluding carboxylic acids is 1. The fraction of sp³-hybridized carbons (Fsp3) is 0.350. The Morgan fingerprint density at radius 1 is 1.00 bits per heavy atom. The largest absolute Gasteiger partial charge is 0.416 e. The van der Waals surface area contributed by atoms with Crippen molar-refractivity contribution < 1.29 is 22.4 Å². The summed E-state index contributed by atoms with van der Waals surface area (Å²) in [6.45, 7) is 1.87. The first-order valence-electron chi connectivity index (χ1n) is 8.92. The molecule has 1 saturated heterocycles. The number of hydrogen-bond donors (Lipinski definition) is 0. The summed E-state index contributed by atoms with van der Waals surface area (Å²) in [6, 6.07) is 11.7. The minimum atomic E-state index is -4.37. The van der Waals surface area contributed by atoms with E-state index in [1.165, 1.54) is 23.9 Å². The topological polar surface area (TPSA) is 23.6 Å². The maximum absolute atomic E-state index is 13.6. The standard InChI is InChI=1S/C20H20F4N2OS/c21-17-6-1-2-7-18(17)28-13-8-19(27)26-11-9-25(10-12-26)16-5-3-4-15(14-16)20(22,23)24/h1-7,14H,8-13H2. The molecule has 0 N–H and O–H groups in total. The third kappa shape index (κ3) is 5.19. The number of anilines is 1. The van der Waals surface area contributed by atoms with Gasteiger partial charge >= 0.3 is 6.18 Å². The van der Waals surface area contributed by atoms with Crippen LogP contribution in [0.25, 0.3) is 0 Å². The summed E-state index contributed by atoms with van der Waals surface area (Å²) in [4.78, 5) is 16.4. The number of piperazine rings is 1. The predicted molar refractivity (Wildman–Crippen MR) is 102 cm³/mol. The molecule has 0 radical (unpaired) electrons. The van der Waals surface area contributed by atoms with Crippen molar-refractivity contribution in [2.75, 3.05) is 36.8 Å². The van der Waals surface area contributed by atoms with Crippen LogP contribution in [-0.2, 0) is 11.0 Å². The maximum atomic E-state index is 13.6. The van der Waals surface area contributed by atoms with E-state index in [2.05, 4.69) is 0 Å². The van der Waals surface area contributed by atoms with E-state index in [-0.39, 0.29) is 11.7 Å². The zero-order valence-corrected chi connectivity index (χ0v) is 15.9. The third-order valence-electron chi connectivity index (χ3n) is 4.58. The maximum Gasteiger partial charge on any atom is 0.416 e. The Labute approximate surface area is 165 Å². The van der Waals surface area contributed by atoms with Gasteiger partial charge in [0.15, 0.2) is 0 Å². The summed E-state index contributed by atoms with van der Waals surface area (Å²) in [5.41, 5.74) is -0.161. The van der Waals surface area contributed by atoms with Crippen molar-refractivity contribution in [2.45, 2.75) is 17.5 Å². The Hall–Kier alpha value is -2.22. The van der Waals surface area contributed by atoms with Crippen LogP contribution in [0.4, 0.5) is 23.2 Å². The second-order valence-corrected chi connectivity index (χ2v) is 7.58. The molecule has 0 aliphatic carbocycles. The van der Waals surface area contributed by atoms with Gasteiger partial charge in [-0.3, -0.25) is 4.79 Å². The number of amides is 1. The van der Waals surface area contributed by atoms with Gasteiger partial charge in [-0.25, -0.2) is 4.39 Å². The molecule has 8 heteroatoms. The highest BCUT2D eigenvalue weighted by Crippen LogP contribution is 2.32.